The number of ketones is 1. The molecule has 3 rings (SSSR count). The highest BCUT2D eigenvalue weighted by molar-refractivity contribution is 6.04. The predicted octanol–water partition coefficient (Wildman–Crippen LogP) is 3.59. The Hall–Kier alpha value is -1.77. The molecule has 2 fully saturated rings. The summed E-state index contributed by atoms with van der Waals surface area (Å²) in [5.74, 6) is 0.697. The van der Waals surface area contributed by atoms with Crippen LogP contribution in [-0.4, -0.2) is 5.78 Å². The number of benzene rings is 1. The molecular weight excluding hydrogens is 248 g/mol. The number of hydrogen-bond acceptors (Lipinski definition) is 3. The summed E-state index contributed by atoms with van der Waals surface area (Å²) in [7, 11) is 0. The summed E-state index contributed by atoms with van der Waals surface area (Å²) >= 11 is 0. The SMILES string of the molecule is CC1(C)[C@H]2CC[C@]1(C)C(=O)C2=CNc1ccc(N)cc1. The first kappa shape index (κ1) is 13.2. The maximum absolute atomic E-state index is 12.7. The van der Waals surface area contributed by atoms with Crippen LogP contribution in [0.1, 0.15) is 33.6 Å². The molecule has 0 heterocycles. The van der Waals surface area contributed by atoms with E-state index in [0.29, 0.717) is 11.7 Å². The van der Waals surface area contributed by atoms with Crippen molar-refractivity contribution in [1.29, 1.82) is 0 Å². The topological polar surface area (TPSA) is 55.1 Å². The summed E-state index contributed by atoms with van der Waals surface area (Å²) in [4.78, 5) is 12.7. The molecular formula is C17H22N2O. The molecule has 0 radical (unpaired) electrons. The summed E-state index contributed by atoms with van der Waals surface area (Å²) in [6.07, 6.45) is 4.04. The van der Waals surface area contributed by atoms with Gasteiger partial charge in [0.05, 0.1) is 0 Å². The second-order valence-corrected chi connectivity index (χ2v) is 6.84. The molecule has 2 aliphatic carbocycles. The van der Waals surface area contributed by atoms with Gasteiger partial charge in [-0.2, -0.15) is 0 Å². The van der Waals surface area contributed by atoms with Crippen molar-refractivity contribution in [3.63, 3.8) is 0 Å². The lowest BCUT2D eigenvalue weighted by Crippen LogP contribution is -2.32. The molecule has 0 amide bonds. The molecule has 3 nitrogen and oxygen atoms in total. The standard InChI is InChI=1S/C17H22N2O/c1-16(2)14-8-9-17(16,3)15(20)13(14)10-19-12-6-4-11(18)5-7-12/h4-7,10,14,19H,8-9,18H2,1-3H3/t14-,17+/m0/s1. The van der Waals surface area contributed by atoms with Crippen LogP contribution in [0.25, 0.3) is 0 Å². The zero-order valence-corrected chi connectivity index (χ0v) is 12.4. The van der Waals surface area contributed by atoms with Crippen LogP contribution >= 0.6 is 0 Å². The number of nitrogens with two attached hydrogens (primary N) is 1. The van der Waals surface area contributed by atoms with Gasteiger partial charge < -0.3 is 11.1 Å². The van der Waals surface area contributed by atoms with Gasteiger partial charge in [-0.25, -0.2) is 0 Å². The molecule has 2 bridgehead atoms. The van der Waals surface area contributed by atoms with Crippen molar-refractivity contribution in [1.82, 2.24) is 0 Å². The smallest absolute Gasteiger partial charge is 0.167 e. The lowest BCUT2D eigenvalue weighted by Gasteiger charge is -2.31. The van der Waals surface area contributed by atoms with E-state index in [1.807, 2.05) is 30.5 Å². The molecule has 3 N–H and O–H groups in total. The fourth-order valence-electron chi connectivity index (χ4n) is 3.83. The van der Waals surface area contributed by atoms with Crippen LogP contribution in [0, 0.1) is 16.7 Å². The zero-order valence-electron chi connectivity index (χ0n) is 12.4. The van der Waals surface area contributed by atoms with E-state index in [4.69, 9.17) is 5.73 Å². The van der Waals surface area contributed by atoms with Crippen molar-refractivity contribution in [2.24, 2.45) is 16.7 Å². The molecule has 1 aromatic carbocycles. The van der Waals surface area contributed by atoms with Crippen molar-refractivity contribution in [2.75, 3.05) is 11.1 Å². The second kappa shape index (κ2) is 4.11. The summed E-state index contributed by atoms with van der Waals surface area (Å²) in [6, 6.07) is 7.57. The van der Waals surface area contributed by atoms with Gasteiger partial charge in [0.25, 0.3) is 0 Å². The van der Waals surface area contributed by atoms with E-state index in [-0.39, 0.29) is 10.8 Å². The minimum absolute atomic E-state index is 0.0682. The quantitative estimate of drug-likeness (QED) is 0.638. The fourth-order valence-corrected chi connectivity index (χ4v) is 3.83. The average Bonchev–Trinajstić information content (AvgIpc) is 2.71. The third-order valence-corrected chi connectivity index (χ3v) is 5.67. The van der Waals surface area contributed by atoms with Crippen LogP contribution in [0.5, 0.6) is 0 Å². The van der Waals surface area contributed by atoms with Crippen molar-refractivity contribution < 1.29 is 4.79 Å². The third-order valence-electron chi connectivity index (χ3n) is 5.67. The molecule has 0 aliphatic heterocycles. The first-order valence-electron chi connectivity index (χ1n) is 7.23. The van der Waals surface area contributed by atoms with Crippen LogP contribution in [0.15, 0.2) is 36.0 Å². The van der Waals surface area contributed by atoms with E-state index in [2.05, 4.69) is 26.1 Å². The number of nitrogen functional groups attached to an aromatic ring is 1. The number of carbonyl (C=O) groups excluding carboxylic acids is 1. The van der Waals surface area contributed by atoms with Crippen molar-refractivity contribution >= 4 is 17.2 Å². The Kier molecular flexibility index (Phi) is 2.72. The minimum atomic E-state index is -0.188. The van der Waals surface area contributed by atoms with E-state index >= 15 is 0 Å². The maximum atomic E-state index is 12.7. The number of nitrogens with one attached hydrogen (secondary N) is 1. The molecule has 0 spiro atoms. The normalized spacial score (nSPS) is 32.9. The van der Waals surface area contributed by atoms with Gasteiger partial charge in [-0.15, -0.1) is 0 Å². The largest absolute Gasteiger partial charge is 0.399 e. The number of hydrogen-bond donors (Lipinski definition) is 2. The van der Waals surface area contributed by atoms with Gasteiger partial charge in [0.15, 0.2) is 5.78 Å². The van der Waals surface area contributed by atoms with Gasteiger partial charge in [0, 0.05) is 28.6 Å². The van der Waals surface area contributed by atoms with E-state index < -0.39 is 0 Å². The Labute approximate surface area is 120 Å². The number of anilines is 2. The van der Waals surface area contributed by atoms with E-state index in [1.54, 1.807) is 0 Å². The number of allylic oxidation sites excluding steroid dienone is 1. The molecule has 2 saturated carbocycles. The van der Waals surface area contributed by atoms with Gasteiger partial charge in [0.1, 0.15) is 0 Å². The molecule has 20 heavy (non-hydrogen) atoms. The van der Waals surface area contributed by atoms with E-state index in [0.717, 1.165) is 29.8 Å². The molecule has 2 aliphatic rings. The first-order chi connectivity index (χ1) is 9.36. The zero-order chi connectivity index (χ0) is 14.5. The Morgan fingerprint density at radius 2 is 1.90 bits per heavy atom. The van der Waals surface area contributed by atoms with Crippen molar-refractivity contribution in [3.8, 4) is 0 Å². The third kappa shape index (κ3) is 1.62. The summed E-state index contributed by atoms with van der Waals surface area (Å²) in [5, 5.41) is 3.25. The van der Waals surface area contributed by atoms with Crippen LogP contribution < -0.4 is 11.1 Å². The molecule has 106 valence electrons. The van der Waals surface area contributed by atoms with Crippen LogP contribution in [0.4, 0.5) is 11.4 Å². The van der Waals surface area contributed by atoms with Gasteiger partial charge in [-0.05, 0) is 48.4 Å². The Balaban J connectivity index is 1.87. The highest BCUT2D eigenvalue weighted by Gasteiger charge is 2.63. The highest BCUT2D eigenvalue weighted by atomic mass is 16.1. The van der Waals surface area contributed by atoms with Gasteiger partial charge in [0.2, 0.25) is 0 Å². The first-order valence-corrected chi connectivity index (χ1v) is 7.23. The highest BCUT2D eigenvalue weighted by Crippen LogP contribution is 2.65. The van der Waals surface area contributed by atoms with Gasteiger partial charge >= 0.3 is 0 Å². The van der Waals surface area contributed by atoms with E-state index in [1.165, 1.54) is 0 Å². The molecule has 1 aromatic rings. The summed E-state index contributed by atoms with van der Waals surface area (Å²) < 4.78 is 0. The number of fused-ring (bicyclic) bond motifs is 2. The lowest BCUT2D eigenvalue weighted by molar-refractivity contribution is -0.125. The van der Waals surface area contributed by atoms with Gasteiger partial charge in [-0.1, -0.05) is 20.8 Å². The van der Waals surface area contributed by atoms with Crippen LogP contribution in [-0.2, 0) is 4.79 Å². The van der Waals surface area contributed by atoms with Crippen molar-refractivity contribution in [2.45, 2.75) is 33.6 Å². The van der Waals surface area contributed by atoms with E-state index in [9.17, 15) is 4.79 Å². The lowest BCUT2D eigenvalue weighted by atomic mass is 9.70. The monoisotopic (exact) mass is 270 g/mol. The maximum Gasteiger partial charge on any atom is 0.167 e. The molecule has 2 atom stereocenters. The minimum Gasteiger partial charge on any atom is -0.399 e. The number of rotatable bonds is 2. The molecule has 0 aromatic heterocycles. The average molecular weight is 270 g/mol. The van der Waals surface area contributed by atoms with Crippen molar-refractivity contribution in [3.05, 3.63) is 36.0 Å². The number of Topliss-reactive ketones (excluding diaryl/α,β-unsaturated/α-hetero) is 1. The Bertz CT molecular complexity index is 586. The fraction of sp³-hybridized carbons (Fsp3) is 0.471. The second-order valence-electron chi connectivity index (χ2n) is 6.84. The Morgan fingerprint density at radius 1 is 1.25 bits per heavy atom. The molecule has 0 saturated heterocycles. The summed E-state index contributed by atoms with van der Waals surface area (Å²) in [6.45, 7) is 6.58. The summed E-state index contributed by atoms with van der Waals surface area (Å²) in [5.41, 5.74) is 8.22. The predicted molar refractivity (Wildman–Crippen MR) is 82.2 cm³/mol. The number of carbonyl (C=O) groups is 1. The molecule has 0 unspecified atom stereocenters. The van der Waals surface area contributed by atoms with Crippen LogP contribution in [0.2, 0.25) is 0 Å². The molecule has 3 heteroatoms. The Morgan fingerprint density at radius 3 is 2.45 bits per heavy atom. The van der Waals surface area contributed by atoms with Gasteiger partial charge in [-0.3, -0.25) is 4.79 Å². The van der Waals surface area contributed by atoms with Crippen LogP contribution in [0.3, 0.4) is 0 Å².